The van der Waals surface area contributed by atoms with Crippen molar-refractivity contribution in [3.05, 3.63) is 30.3 Å². The van der Waals surface area contributed by atoms with Gasteiger partial charge in [-0.3, -0.25) is 9.59 Å². The number of sulfone groups is 1. The van der Waals surface area contributed by atoms with E-state index in [9.17, 15) is 18.0 Å². The van der Waals surface area contributed by atoms with Crippen molar-refractivity contribution < 1.29 is 22.7 Å². The molecule has 1 amide bonds. The van der Waals surface area contributed by atoms with Gasteiger partial charge in [-0.2, -0.15) is 0 Å². The quantitative estimate of drug-likeness (QED) is 0.749. The van der Waals surface area contributed by atoms with Crippen molar-refractivity contribution in [3.8, 4) is 0 Å². The number of amides is 1. The molecule has 3 rings (SSSR count). The van der Waals surface area contributed by atoms with Gasteiger partial charge in [-0.05, 0) is 30.9 Å². The number of para-hydroxylation sites is 1. The highest BCUT2D eigenvalue weighted by molar-refractivity contribution is 7.91. The Bertz CT molecular complexity index is 731. The molecule has 1 saturated carbocycles. The molecule has 1 aromatic carbocycles. The van der Waals surface area contributed by atoms with E-state index in [2.05, 4.69) is 0 Å². The van der Waals surface area contributed by atoms with Gasteiger partial charge in [0.1, 0.15) is 0 Å². The molecule has 0 aromatic heterocycles. The van der Waals surface area contributed by atoms with Gasteiger partial charge in [0.05, 0.1) is 23.5 Å². The molecule has 2 aliphatic rings. The molecule has 0 radical (unpaired) electrons. The Morgan fingerprint density at radius 1 is 1.25 bits per heavy atom. The number of hydrogen-bond donors (Lipinski definition) is 0. The highest BCUT2D eigenvalue weighted by Crippen LogP contribution is 2.38. The lowest BCUT2D eigenvalue weighted by Gasteiger charge is -2.28. The second kappa shape index (κ2) is 6.55. The molecule has 1 aliphatic heterocycles. The van der Waals surface area contributed by atoms with Crippen LogP contribution in [0.15, 0.2) is 30.3 Å². The van der Waals surface area contributed by atoms with Crippen molar-refractivity contribution in [1.82, 2.24) is 0 Å². The molecular weight excluding hydrogens is 330 g/mol. The minimum Gasteiger partial charge on any atom is -0.455 e. The first kappa shape index (κ1) is 17.0. The summed E-state index contributed by atoms with van der Waals surface area (Å²) < 4.78 is 28.7. The van der Waals surface area contributed by atoms with E-state index >= 15 is 0 Å². The molecule has 0 spiro atoms. The van der Waals surface area contributed by atoms with Gasteiger partial charge >= 0.3 is 5.97 Å². The number of esters is 1. The molecule has 1 aliphatic carbocycles. The molecular formula is C17H21NO5S. The molecule has 3 atom stereocenters. The largest absolute Gasteiger partial charge is 0.455 e. The van der Waals surface area contributed by atoms with E-state index in [-0.39, 0.29) is 35.9 Å². The van der Waals surface area contributed by atoms with Crippen LogP contribution in [0.25, 0.3) is 0 Å². The Hall–Kier alpha value is -1.89. The molecule has 7 heteroatoms. The second-order valence-electron chi connectivity index (χ2n) is 6.58. The van der Waals surface area contributed by atoms with Crippen molar-refractivity contribution in [2.24, 2.45) is 11.8 Å². The number of hydrogen-bond acceptors (Lipinski definition) is 5. The number of benzene rings is 1. The van der Waals surface area contributed by atoms with Crippen molar-refractivity contribution in [2.45, 2.75) is 25.8 Å². The smallest absolute Gasteiger partial charge is 0.309 e. The Balaban J connectivity index is 1.72. The maximum atomic E-state index is 12.6. The predicted octanol–water partition coefficient (Wildman–Crippen LogP) is 1.41. The number of ether oxygens (including phenoxy) is 1. The van der Waals surface area contributed by atoms with E-state index in [1.807, 2.05) is 13.0 Å². The van der Waals surface area contributed by atoms with Crippen LogP contribution in [0, 0.1) is 11.8 Å². The first-order valence-corrected chi connectivity index (χ1v) is 9.94. The summed E-state index contributed by atoms with van der Waals surface area (Å²) in [6, 6.07) is 8.50. The average Bonchev–Trinajstić information content (AvgIpc) is 3.18. The summed E-state index contributed by atoms with van der Waals surface area (Å²) >= 11 is 0. The molecule has 1 heterocycles. The van der Waals surface area contributed by atoms with E-state index in [1.54, 1.807) is 24.3 Å². The summed E-state index contributed by atoms with van der Waals surface area (Å²) in [5.41, 5.74) is 0.625. The topological polar surface area (TPSA) is 80.8 Å². The summed E-state index contributed by atoms with van der Waals surface area (Å²) in [7, 11) is -3.13. The van der Waals surface area contributed by atoms with E-state index in [0.717, 1.165) is 6.42 Å². The fourth-order valence-corrected chi connectivity index (χ4v) is 4.79. The molecule has 1 saturated heterocycles. The standard InChI is InChI=1S/C17H21NO5S/c1-12-9-15(12)17(20)23-10-16(19)18(13-5-3-2-4-6-13)14-7-8-24(21,22)11-14/h2-6,12,14-15H,7-11H2,1H3/t12-,14+,15-/m0/s1. The zero-order chi connectivity index (χ0) is 17.3. The van der Waals surface area contributed by atoms with Crippen LogP contribution in [0.2, 0.25) is 0 Å². The molecule has 2 fully saturated rings. The molecule has 0 N–H and O–H groups in total. The van der Waals surface area contributed by atoms with Gasteiger partial charge in [0.25, 0.3) is 5.91 Å². The fraction of sp³-hybridized carbons (Fsp3) is 0.529. The van der Waals surface area contributed by atoms with Crippen LogP contribution in [0.5, 0.6) is 0 Å². The first-order valence-electron chi connectivity index (χ1n) is 8.11. The van der Waals surface area contributed by atoms with Crippen molar-refractivity contribution >= 4 is 27.4 Å². The minimum atomic E-state index is -3.13. The van der Waals surface area contributed by atoms with Gasteiger partial charge in [-0.25, -0.2) is 8.42 Å². The van der Waals surface area contributed by atoms with Crippen LogP contribution in [0.1, 0.15) is 19.8 Å². The predicted molar refractivity (Wildman–Crippen MR) is 89.2 cm³/mol. The number of carbonyl (C=O) groups excluding carboxylic acids is 2. The van der Waals surface area contributed by atoms with Gasteiger partial charge in [0, 0.05) is 5.69 Å². The van der Waals surface area contributed by atoms with Crippen LogP contribution in [0.4, 0.5) is 5.69 Å². The SMILES string of the molecule is C[C@H]1C[C@@H]1C(=O)OCC(=O)N(c1ccccc1)[C@@H]1CCS(=O)(=O)C1. The summed E-state index contributed by atoms with van der Waals surface area (Å²) in [6.45, 7) is 1.61. The van der Waals surface area contributed by atoms with Crippen LogP contribution >= 0.6 is 0 Å². The highest BCUT2D eigenvalue weighted by Gasteiger charge is 2.41. The molecule has 24 heavy (non-hydrogen) atoms. The Morgan fingerprint density at radius 2 is 1.92 bits per heavy atom. The van der Waals surface area contributed by atoms with Crippen LogP contribution < -0.4 is 4.90 Å². The minimum absolute atomic E-state index is 0.0543. The summed E-state index contributed by atoms with van der Waals surface area (Å²) in [6.07, 6.45) is 1.20. The first-order chi connectivity index (χ1) is 11.4. The van der Waals surface area contributed by atoms with Gasteiger partial charge in [0.15, 0.2) is 16.4 Å². The Labute approximate surface area is 141 Å². The Kier molecular flexibility index (Phi) is 4.62. The van der Waals surface area contributed by atoms with Gasteiger partial charge in [-0.15, -0.1) is 0 Å². The normalized spacial score (nSPS) is 27.5. The van der Waals surface area contributed by atoms with E-state index in [0.29, 0.717) is 18.0 Å². The third-order valence-corrected chi connectivity index (χ3v) is 6.38. The van der Waals surface area contributed by atoms with Gasteiger partial charge in [0.2, 0.25) is 0 Å². The number of anilines is 1. The van der Waals surface area contributed by atoms with E-state index in [1.165, 1.54) is 4.90 Å². The number of nitrogens with zero attached hydrogens (tertiary/aromatic N) is 1. The molecule has 130 valence electrons. The van der Waals surface area contributed by atoms with Crippen molar-refractivity contribution in [2.75, 3.05) is 23.0 Å². The molecule has 6 nitrogen and oxygen atoms in total. The van der Waals surface area contributed by atoms with Gasteiger partial charge in [-0.1, -0.05) is 25.1 Å². The fourth-order valence-electron chi connectivity index (χ4n) is 3.09. The number of rotatable bonds is 5. The summed E-state index contributed by atoms with van der Waals surface area (Å²) in [5.74, 6) is -0.491. The third-order valence-electron chi connectivity index (χ3n) is 4.63. The monoisotopic (exact) mass is 351 g/mol. The summed E-state index contributed by atoms with van der Waals surface area (Å²) in [5, 5.41) is 0. The second-order valence-corrected chi connectivity index (χ2v) is 8.81. The molecule has 0 unspecified atom stereocenters. The summed E-state index contributed by atoms with van der Waals surface area (Å²) in [4.78, 5) is 25.9. The van der Waals surface area contributed by atoms with Crippen molar-refractivity contribution in [3.63, 3.8) is 0 Å². The lowest BCUT2D eigenvalue weighted by atomic mass is 10.2. The zero-order valence-corrected chi connectivity index (χ0v) is 14.4. The Morgan fingerprint density at radius 3 is 2.46 bits per heavy atom. The van der Waals surface area contributed by atoms with Crippen LogP contribution in [0.3, 0.4) is 0 Å². The van der Waals surface area contributed by atoms with Crippen molar-refractivity contribution in [1.29, 1.82) is 0 Å². The number of carbonyl (C=O) groups is 2. The maximum absolute atomic E-state index is 12.6. The van der Waals surface area contributed by atoms with Gasteiger partial charge < -0.3 is 9.64 Å². The maximum Gasteiger partial charge on any atom is 0.309 e. The van der Waals surface area contributed by atoms with E-state index < -0.39 is 15.9 Å². The zero-order valence-electron chi connectivity index (χ0n) is 13.6. The van der Waals surface area contributed by atoms with E-state index in [4.69, 9.17) is 4.74 Å². The van der Waals surface area contributed by atoms with Crippen LogP contribution in [-0.2, 0) is 24.2 Å². The lowest BCUT2D eigenvalue weighted by Crippen LogP contribution is -2.43. The molecule has 0 bridgehead atoms. The molecule has 1 aromatic rings. The lowest BCUT2D eigenvalue weighted by molar-refractivity contribution is -0.149. The highest BCUT2D eigenvalue weighted by atomic mass is 32.2. The third kappa shape index (κ3) is 3.77. The van der Waals surface area contributed by atoms with Crippen LogP contribution in [-0.4, -0.2) is 44.4 Å². The average molecular weight is 351 g/mol.